The van der Waals surface area contributed by atoms with Gasteiger partial charge in [0.05, 0.1) is 6.42 Å². The molecule has 0 bridgehead atoms. The number of amides is 1. The Kier molecular flexibility index (Phi) is 3.74. The van der Waals surface area contributed by atoms with Crippen molar-refractivity contribution < 1.29 is 4.79 Å². The summed E-state index contributed by atoms with van der Waals surface area (Å²) in [6, 6.07) is 11.5. The van der Waals surface area contributed by atoms with Crippen LogP contribution < -0.4 is 5.32 Å². The van der Waals surface area contributed by atoms with Gasteiger partial charge in [-0.05, 0) is 17.7 Å². The second kappa shape index (κ2) is 6.20. The summed E-state index contributed by atoms with van der Waals surface area (Å²) < 4.78 is 3.64. The molecule has 0 saturated carbocycles. The van der Waals surface area contributed by atoms with Crippen molar-refractivity contribution in [2.75, 3.05) is 5.32 Å². The topological polar surface area (TPSA) is 77.6 Å². The van der Waals surface area contributed by atoms with E-state index in [0.717, 1.165) is 16.5 Å². The minimum Gasteiger partial charge on any atom is -0.350 e. The van der Waals surface area contributed by atoms with Gasteiger partial charge in [0.25, 0.3) is 0 Å². The normalized spacial score (nSPS) is 10.9. The zero-order valence-corrected chi connectivity index (χ0v) is 13.6. The summed E-state index contributed by atoms with van der Waals surface area (Å²) in [7, 11) is 1.98. The molecule has 4 rings (SSSR count). The number of rotatable bonds is 4. The maximum absolute atomic E-state index is 12.4. The predicted octanol–water partition coefficient (Wildman–Crippen LogP) is 2.34. The van der Waals surface area contributed by atoms with E-state index in [1.165, 1.54) is 6.33 Å². The minimum absolute atomic E-state index is 0.124. The zero-order valence-electron chi connectivity index (χ0n) is 13.6. The maximum Gasteiger partial charge on any atom is 0.230 e. The van der Waals surface area contributed by atoms with Gasteiger partial charge in [-0.1, -0.05) is 18.2 Å². The molecule has 7 heteroatoms. The average molecular weight is 332 g/mol. The lowest BCUT2D eigenvalue weighted by Crippen LogP contribution is -2.15. The van der Waals surface area contributed by atoms with Gasteiger partial charge in [-0.25, -0.2) is 14.6 Å². The van der Waals surface area contributed by atoms with Gasteiger partial charge in [-0.3, -0.25) is 4.79 Å². The summed E-state index contributed by atoms with van der Waals surface area (Å²) in [5, 5.41) is 8.03. The third-order valence-corrected chi connectivity index (χ3v) is 3.99. The Balaban J connectivity index is 1.53. The third-order valence-electron chi connectivity index (χ3n) is 3.99. The van der Waals surface area contributed by atoms with Gasteiger partial charge >= 0.3 is 0 Å². The van der Waals surface area contributed by atoms with Crippen LogP contribution in [0.2, 0.25) is 0 Å². The Morgan fingerprint density at radius 3 is 2.92 bits per heavy atom. The lowest BCUT2D eigenvalue weighted by molar-refractivity contribution is -0.115. The zero-order chi connectivity index (χ0) is 17.2. The molecule has 3 aromatic heterocycles. The van der Waals surface area contributed by atoms with E-state index in [1.807, 2.05) is 42.1 Å². The molecule has 1 amide bonds. The molecule has 0 spiro atoms. The monoisotopic (exact) mass is 332 g/mol. The highest BCUT2D eigenvalue weighted by Gasteiger charge is 2.11. The number of carbonyl (C=O) groups excluding carboxylic acids is 1. The third kappa shape index (κ3) is 2.99. The highest BCUT2D eigenvalue weighted by atomic mass is 16.1. The highest BCUT2D eigenvalue weighted by molar-refractivity contribution is 5.95. The van der Waals surface area contributed by atoms with Crippen LogP contribution in [0.4, 0.5) is 5.82 Å². The minimum atomic E-state index is -0.124. The van der Waals surface area contributed by atoms with Crippen molar-refractivity contribution in [2.45, 2.75) is 6.42 Å². The van der Waals surface area contributed by atoms with Gasteiger partial charge in [-0.2, -0.15) is 5.10 Å². The number of nitrogens with zero attached hydrogens (tertiary/aromatic N) is 5. The average Bonchev–Trinajstić information content (AvgIpc) is 3.25. The molecule has 0 unspecified atom stereocenters. The number of hydrogen-bond donors (Lipinski definition) is 1. The molecular weight excluding hydrogens is 316 g/mol. The fourth-order valence-electron chi connectivity index (χ4n) is 2.87. The molecule has 0 aliphatic rings. The standard InChI is InChI=1S/C18H16N6O/c1-23-11-13(14-5-2-3-6-15(14)23)9-18(25)22-16-10-17(20-12-19-16)24-8-4-7-21-24/h2-8,10-12H,9H2,1H3,(H,19,20,22,25). The Hall–Kier alpha value is -3.48. The van der Waals surface area contributed by atoms with Gasteiger partial charge in [0, 0.05) is 42.6 Å². The lowest BCUT2D eigenvalue weighted by atomic mass is 10.1. The van der Waals surface area contributed by atoms with Crippen molar-refractivity contribution in [3.8, 4) is 5.82 Å². The van der Waals surface area contributed by atoms with E-state index in [2.05, 4.69) is 20.4 Å². The molecule has 0 fully saturated rings. The van der Waals surface area contributed by atoms with Gasteiger partial charge in [-0.15, -0.1) is 0 Å². The second-order valence-electron chi connectivity index (χ2n) is 5.72. The number of carbonyl (C=O) groups is 1. The number of anilines is 1. The van der Waals surface area contributed by atoms with Crippen LogP contribution in [0.5, 0.6) is 0 Å². The van der Waals surface area contributed by atoms with Gasteiger partial charge in [0.15, 0.2) is 5.82 Å². The maximum atomic E-state index is 12.4. The lowest BCUT2D eigenvalue weighted by Gasteiger charge is -2.06. The number of nitrogens with one attached hydrogen (secondary N) is 1. The van der Waals surface area contributed by atoms with E-state index in [-0.39, 0.29) is 12.3 Å². The fraction of sp³-hybridized carbons (Fsp3) is 0.111. The quantitative estimate of drug-likeness (QED) is 0.622. The number of aryl methyl sites for hydroxylation is 1. The number of hydrogen-bond acceptors (Lipinski definition) is 4. The van der Waals surface area contributed by atoms with E-state index >= 15 is 0 Å². The summed E-state index contributed by atoms with van der Waals surface area (Å²) in [4.78, 5) is 20.7. The Morgan fingerprint density at radius 2 is 2.08 bits per heavy atom. The second-order valence-corrected chi connectivity index (χ2v) is 5.72. The summed E-state index contributed by atoms with van der Waals surface area (Å²) in [6.45, 7) is 0. The van der Waals surface area contributed by atoms with E-state index in [0.29, 0.717) is 11.6 Å². The van der Waals surface area contributed by atoms with Crippen LogP contribution in [0, 0.1) is 0 Å². The molecular formula is C18H16N6O. The van der Waals surface area contributed by atoms with Crippen LogP contribution >= 0.6 is 0 Å². The summed E-state index contributed by atoms with van der Waals surface area (Å²) in [5.41, 5.74) is 2.09. The Labute approximate surface area is 143 Å². The molecule has 25 heavy (non-hydrogen) atoms. The molecule has 0 radical (unpaired) electrons. The van der Waals surface area contributed by atoms with Crippen LogP contribution in [0.1, 0.15) is 5.56 Å². The smallest absolute Gasteiger partial charge is 0.230 e. The van der Waals surface area contributed by atoms with Crippen LogP contribution in [0.3, 0.4) is 0 Å². The van der Waals surface area contributed by atoms with Crippen LogP contribution in [0.15, 0.2) is 61.3 Å². The summed E-state index contributed by atoms with van der Waals surface area (Å²) in [5.74, 6) is 0.924. The molecule has 7 nitrogen and oxygen atoms in total. The summed E-state index contributed by atoms with van der Waals surface area (Å²) in [6.07, 6.45) is 7.12. The number of benzene rings is 1. The molecule has 0 atom stereocenters. The van der Waals surface area contributed by atoms with E-state index in [9.17, 15) is 4.79 Å². The first kappa shape index (κ1) is 15.1. The molecule has 3 heterocycles. The molecule has 0 saturated heterocycles. The molecule has 4 aromatic rings. The molecule has 1 aromatic carbocycles. The van der Waals surface area contributed by atoms with Crippen LogP contribution in [-0.2, 0) is 18.3 Å². The van der Waals surface area contributed by atoms with Gasteiger partial charge in [0.2, 0.25) is 5.91 Å². The van der Waals surface area contributed by atoms with E-state index in [4.69, 9.17) is 0 Å². The first-order valence-corrected chi connectivity index (χ1v) is 7.85. The number of fused-ring (bicyclic) bond motifs is 1. The first-order valence-electron chi connectivity index (χ1n) is 7.85. The highest BCUT2D eigenvalue weighted by Crippen LogP contribution is 2.21. The molecule has 0 aliphatic heterocycles. The van der Waals surface area contributed by atoms with Crippen molar-refractivity contribution >= 4 is 22.6 Å². The predicted molar refractivity (Wildman–Crippen MR) is 94.4 cm³/mol. The van der Waals surface area contributed by atoms with Crippen LogP contribution in [-0.4, -0.2) is 30.2 Å². The van der Waals surface area contributed by atoms with Gasteiger partial charge in [0.1, 0.15) is 12.1 Å². The number of para-hydroxylation sites is 1. The Bertz CT molecular complexity index is 1030. The molecule has 124 valence electrons. The Morgan fingerprint density at radius 1 is 1.20 bits per heavy atom. The van der Waals surface area contributed by atoms with Crippen LogP contribution in [0.25, 0.3) is 16.7 Å². The van der Waals surface area contributed by atoms with E-state index in [1.54, 1.807) is 29.2 Å². The van der Waals surface area contributed by atoms with Crippen molar-refractivity contribution in [3.05, 3.63) is 66.9 Å². The van der Waals surface area contributed by atoms with Crippen molar-refractivity contribution in [1.29, 1.82) is 0 Å². The molecule has 0 aliphatic carbocycles. The summed E-state index contributed by atoms with van der Waals surface area (Å²) >= 11 is 0. The van der Waals surface area contributed by atoms with E-state index < -0.39 is 0 Å². The van der Waals surface area contributed by atoms with Crippen molar-refractivity contribution in [2.24, 2.45) is 7.05 Å². The SMILES string of the molecule is Cn1cc(CC(=O)Nc2cc(-n3cccn3)ncn2)c2ccccc21. The molecule has 1 N–H and O–H groups in total. The number of aromatic nitrogens is 5. The first-order chi connectivity index (χ1) is 12.2. The largest absolute Gasteiger partial charge is 0.350 e. The van der Waals surface area contributed by atoms with Gasteiger partial charge < -0.3 is 9.88 Å². The van der Waals surface area contributed by atoms with Crippen molar-refractivity contribution in [3.63, 3.8) is 0 Å². The fourth-order valence-corrected chi connectivity index (χ4v) is 2.87. The van der Waals surface area contributed by atoms with Crippen molar-refractivity contribution in [1.82, 2.24) is 24.3 Å².